The summed E-state index contributed by atoms with van der Waals surface area (Å²) in [5.41, 5.74) is 0.495. The average Bonchev–Trinajstić information content (AvgIpc) is 2.45. The lowest BCUT2D eigenvalue weighted by Gasteiger charge is -2.32. The number of rotatable bonds is 4. The first-order valence-corrected chi connectivity index (χ1v) is 7.71. The number of benzene rings is 1. The number of anilines is 1. The molecule has 4 heteroatoms. The van der Waals surface area contributed by atoms with Crippen LogP contribution >= 0.6 is 0 Å². The Bertz CT molecular complexity index is 448. The van der Waals surface area contributed by atoms with E-state index in [4.69, 9.17) is 4.74 Å². The molecular formula is C17H26N2O2. The molecule has 0 spiro atoms. The molecule has 1 aromatic rings. The molecule has 2 atom stereocenters. The van der Waals surface area contributed by atoms with Crippen molar-refractivity contribution in [3.63, 3.8) is 0 Å². The molecule has 1 saturated heterocycles. The van der Waals surface area contributed by atoms with E-state index in [1.807, 2.05) is 51.1 Å². The van der Waals surface area contributed by atoms with Gasteiger partial charge >= 0.3 is 5.97 Å². The van der Waals surface area contributed by atoms with Crippen molar-refractivity contribution < 1.29 is 9.53 Å². The third-order valence-corrected chi connectivity index (χ3v) is 3.56. The summed E-state index contributed by atoms with van der Waals surface area (Å²) in [5, 5.41) is 6.73. The van der Waals surface area contributed by atoms with Crippen molar-refractivity contribution in [2.45, 2.75) is 45.3 Å². The summed E-state index contributed by atoms with van der Waals surface area (Å²) in [5.74, 6) is 0.0915. The summed E-state index contributed by atoms with van der Waals surface area (Å²) in [6.45, 7) is 7.60. The van der Waals surface area contributed by atoms with Crippen LogP contribution in [0.25, 0.3) is 0 Å². The summed E-state index contributed by atoms with van der Waals surface area (Å²) >= 11 is 0. The molecule has 116 valence electrons. The predicted molar refractivity (Wildman–Crippen MR) is 85.3 cm³/mol. The maximum atomic E-state index is 12.5. The van der Waals surface area contributed by atoms with Crippen LogP contribution in [0.3, 0.4) is 0 Å². The van der Waals surface area contributed by atoms with Gasteiger partial charge in [0.15, 0.2) is 0 Å². The van der Waals surface area contributed by atoms with Gasteiger partial charge < -0.3 is 15.4 Å². The highest BCUT2D eigenvalue weighted by molar-refractivity contribution is 5.80. The largest absolute Gasteiger partial charge is 0.458 e. The minimum Gasteiger partial charge on any atom is -0.458 e. The van der Waals surface area contributed by atoms with Crippen LogP contribution in [0.5, 0.6) is 0 Å². The fraction of sp³-hybridized carbons (Fsp3) is 0.588. The van der Waals surface area contributed by atoms with Crippen molar-refractivity contribution in [2.24, 2.45) is 5.92 Å². The van der Waals surface area contributed by atoms with Gasteiger partial charge in [0, 0.05) is 18.2 Å². The quantitative estimate of drug-likeness (QED) is 0.837. The van der Waals surface area contributed by atoms with Crippen LogP contribution in [0.4, 0.5) is 5.69 Å². The van der Waals surface area contributed by atoms with Gasteiger partial charge in [-0.2, -0.15) is 0 Å². The van der Waals surface area contributed by atoms with Crippen molar-refractivity contribution in [1.82, 2.24) is 5.32 Å². The van der Waals surface area contributed by atoms with Crippen LogP contribution in [-0.4, -0.2) is 30.7 Å². The molecule has 1 heterocycles. The summed E-state index contributed by atoms with van der Waals surface area (Å²) in [6.07, 6.45) is 2.14. The van der Waals surface area contributed by atoms with Crippen LogP contribution in [-0.2, 0) is 9.53 Å². The highest BCUT2D eigenvalue weighted by atomic mass is 16.6. The number of para-hydroxylation sites is 1. The van der Waals surface area contributed by atoms with E-state index in [9.17, 15) is 4.79 Å². The van der Waals surface area contributed by atoms with Gasteiger partial charge in [0.25, 0.3) is 0 Å². The standard InChI is InChI=1S/C17H26N2O2/c1-17(2,3)21-16(20)15(13-8-7-11-18-12-13)19-14-9-5-4-6-10-14/h4-6,9-10,13,15,18-19H,7-8,11-12H2,1-3H3/t13?,15-/m1/s1. The van der Waals surface area contributed by atoms with Crippen molar-refractivity contribution in [3.05, 3.63) is 30.3 Å². The summed E-state index contributed by atoms with van der Waals surface area (Å²) in [4.78, 5) is 12.5. The molecule has 0 aromatic heterocycles. The maximum Gasteiger partial charge on any atom is 0.329 e. The molecule has 2 rings (SSSR count). The average molecular weight is 290 g/mol. The zero-order valence-corrected chi connectivity index (χ0v) is 13.2. The van der Waals surface area contributed by atoms with Crippen LogP contribution < -0.4 is 10.6 Å². The molecule has 4 nitrogen and oxygen atoms in total. The first-order valence-electron chi connectivity index (χ1n) is 7.71. The molecule has 0 bridgehead atoms. The topological polar surface area (TPSA) is 50.4 Å². The van der Waals surface area contributed by atoms with Crippen LogP contribution in [0.2, 0.25) is 0 Å². The molecule has 1 unspecified atom stereocenters. The van der Waals surface area contributed by atoms with Gasteiger partial charge in [0.05, 0.1) is 0 Å². The van der Waals surface area contributed by atoms with Gasteiger partial charge in [-0.25, -0.2) is 4.79 Å². The Balaban J connectivity index is 2.11. The third kappa shape index (κ3) is 5.05. The monoisotopic (exact) mass is 290 g/mol. The van der Waals surface area contributed by atoms with Gasteiger partial charge in [-0.1, -0.05) is 18.2 Å². The maximum absolute atomic E-state index is 12.5. The third-order valence-electron chi connectivity index (χ3n) is 3.56. The lowest BCUT2D eigenvalue weighted by Crippen LogP contribution is -2.47. The van der Waals surface area contributed by atoms with Gasteiger partial charge in [-0.3, -0.25) is 0 Å². The Hall–Kier alpha value is -1.55. The predicted octanol–water partition coefficient (Wildman–Crippen LogP) is 2.81. The summed E-state index contributed by atoms with van der Waals surface area (Å²) in [7, 11) is 0. The number of hydrogen-bond acceptors (Lipinski definition) is 4. The number of ether oxygens (including phenoxy) is 1. The normalized spacial score (nSPS) is 20.6. The SMILES string of the molecule is CC(C)(C)OC(=O)[C@H](Nc1ccccc1)C1CCCNC1. The van der Waals surface area contributed by atoms with Crippen molar-refractivity contribution in [3.8, 4) is 0 Å². The van der Waals surface area contributed by atoms with Gasteiger partial charge in [-0.15, -0.1) is 0 Å². The molecule has 1 aliphatic rings. The van der Waals surface area contributed by atoms with E-state index in [2.05, 4.69) is 10.6 Å². The summed E-state index contributed by atoms with van der Waals surface area (Å²) in [6, 6.07) is 9.55. The zero-order chi connectivity index (χ0) is 15.3. The van der Waals surface area contributed by atoms with Crippen molar-refractivity contribution >= 4 is 11.7 Å². The minimum atomic E-state index is -0.463. The fourth-order valence-corrected chi connectivity index (χ4v) is 2.61. The van der Waals surface area contributed by atoms with E-state index in [0.29, 0.717) is 0 Å². The van der Waals surface area contributed by atoms with Crippen LogP contribution in [0.1, 0.15) is 33.6 Å². The van der Waals surface area contributed by atoms with E-state index in [1.165, 1.54) is 0 Å². The molecule has 2 N–H and O–H groups in total. The molecule has 1 aromatic carbocycles. The highest BCUT2D eigenvalue weighted by Gasteiger charge is 2.33. The van der Waals surface area contributed by atoms with E-state index >= 15 is 0 Å². The fourth-order valence-electron chi connectivity index (χ4n) is 2.61. The Morgan fingerprint density at radius 1 is 1.33 bits per heavy atom. The van der Waals surface area contributed by atoms with Gasteiger partial charge in [-0.05, 0) is 52.3 Å². The zero-order valence-electron chi connectivity index (χ0n) is 13.2. The second-order valence-electron chi connectivity index (χ2n) is 6.63. The number of nitrogens with one attached hydrogen (secondary N) is 2. The Morgan fingerprint density at radius 2 is 2.05 bits per heavy atom. The smallest absolute Gasteiger partial charge is 0.329 e. The molecule has 0 aliphatic carbocycles. The van der Waals surface area contributed by atoms with Crippen molar-refractivity contribution in [1.29, 1.82) is 0 Å². The lowest BCUT2D eigenvalue weighted by atomic mass is 9.91. The Morgan fingerprint density at radius 3 is 2.62 bits per heavy atom. The van der Waals surface area contributed by atoms with Crippen molar-refractivity contribution in [2.75, 3.05) is 18.4 Å². The first kappa shape index (κ1) is 15.8. The van der Waals surface area contributed by atoms with E-state index in [0.717, 1.165) is 31.6 Å². The number of carbonyl (C=O) groups is 1. The van der Waals surface area contributed by atoms with Gasteiger partial charge in [0.1, 0.15) is 11.6 Å². The van der Waals surface area contributed by atoms with E-state index in [1.54, 1.807) is 0 Å². The molecular weight excluding hydrogens is 264 g/mol. The molecule has 1 fully saturated rings. The second kappa shape index (κ2) is 6.94. The summed E-state index contributed by atoms with van der Waals surface area (Å²) < 4.78 is 5.60. The number of carbonyl (C=O) groups excluding carboxylic acids is 1. The molecule has 21 heavy (non-hydrogen) atoms. The minimum absolute atomic E-state index is 0.167. The molecule has 0 radical (unpaired) electrons. The second-order valence-corrected chi connectivity index (χ2v) is 6.63. The van der Waals surface area contributed by atoms with Crippen LogP contribution in [0, 0.1) is 5.92 Å². The Kier molecular flexibility index (Phi) is 5.23. The molecule has 1 aliphatic heterocycles. The van der Waals surface area contributed by atoms with E-state index in [-0.39, 0.29) is 17.9 Å². The Labute approximate surface area is 127 Å². The van der Waals surface area contributed by atoms with Gasteiger partial charge in [0.2, 0.25) is 0 Å². The molecule has 0 amide bonds. The lowest BCUT2D eigenvalue weighted by molar-refractivity contribution is -0.157. The first-order chi connectivity index (χ1) is 9.96. The number of piperidine rings is 1. The highest BCUT2D eigenvalue weighted by Crippen LogP contribution is 2.22. The number of esters is 1. The van der Waals surface area contributed by atoms with Crippen LogP contribution in [0.15, 0.2) is 30.3 Å². The molecule has 0 saturated carbocycles. The number of hydrogen-bond donors (Lipinski definition) is 2. The van der Waals surface area contributed by atoms with E-state index < -0.39 is 5.60 Å².